The fourth-order valence-corrected chi connectivity index (χ4v) is 3.33. The van der Waals surface area contributed by atoms with Crippen molar-refractivity contribution in [1.29, 1.82) is 0 Å². The number of benzene rings is 1. The molecule has 0 aliphatic carbocycles. The van der Waals surface area contributed by atoms with E-state index in [1.807, 2.05) is 0 Å². The van der Waals surface area contributed by atoms with Crippen molar-refractivity contribution in [3.8, 4) is 5.75 Å². The molecule has 1 aliphatic rings. The fraction of sp³-hybridized carbons (Fsp3) is 0.682. The lowest BCUT2D eigenvalue weighted by atomic mass is 9.97. The number of methoxy groups -OCH3 is 1. The van der Waals surface area contributed by atoms with Gasteiger partial charge in [0.25, 0.3) is 0 Å². The molecular formula is C22H38N4O2. The molecule has 2 N–H and O–H groups in total. The van der Waals surface area contributed by atoms with Gasteiger partial charge in [-0.3, -0.25) is 0 Å². The predicted molar refractivity (Wildman–Crippen MR) is 116 cm³/mol. The van der Waals surface area contributed by atoms with Crippen LogP contribution in [0.2, 0.25) is 0 Å². The van der Waals surface area contributed by atoms with Gasteiger partial charge >= 0.3 is 0 Å². The number of nitrogens with one attached hydrogen (secondary N) is 2. The van der Waals surface area contributed by atoms with Crippen LogP contribution in [0, 0.1) is 12.8 Å². The first kappa shape index (κ1) is 22.5. The van der Waals surface area contributed by atoms with Gasteiger partial charge in [0.1, 0.15) is 5.75 Å². The summed E-state index contributed by atoms with van der Waals surface area (Å²) >= 11 is 0. The Morgan fingerprint density at radius 3 is 2.71 bits per heavy atom. The van der Waals surface area contributed by atoms with Gasteiger partial charge in [0.15, 0.2) is 5.96 Å². The standard InChI is InChI=1S/C22H38N4O2/c1-5-23-22(24-16-19-9-11-26(3)12-10-19)25-17-20-8-7-18(2)15-21(20)28-14-6-13-27-4/h7-8,15,19H,5-6,9-14,16-17H2,1-4H3,(H2,23,24,25). The topological polar surface area (TPSA) is 58.1 Å². The monoisotopic (exact) mass is 390 g/mol. The fourth-order valence-electron chi connectivity index (χ4n) is 3.33. The molecule has 0 saturated carbocycles. The van der Waals surface area contributed by atoms with Crippen LogP contribution in [-0.4, -0.2) is 64.4 Å². The molecule has 0 radical (unpaired) electrons. The molecule has 28 heavy (non-hydrogen) atoms. The van der Waals surface area contributed by atoms with Crippen molar-refractivity contribution in [1.82, 2.24) is 15.5 Å². The number of aliphatic imine (C=N–C) groups is 1. The van der Waals surface area contributed by atoms with Gasteiger partial charge in [-0.15, -0.1) is 0 Å². The summed E-state index contributed by atoms with van der Waals surface area (Å²) in [7, 11) is 3.92. The van der Waals surface area contributed by atoms with E-state index in [0.717, 1.165) is 42.7 Å². The third kappa shape index (κ3) is 8.07. The molecule has 1 heterocycles. The molecule has 0 aromatic heterocycles. The molecule has 1 aliphatic heterocycles. The third-order valence-corrected chi connectivity index (χ3v) is 5.12. The van der Waals surface area contributed by atoms with E-state index >= 15 is 0 Å². The van der Waals surface area contributed by atoms with Gasteiger partial charge < -0.3 is 25.0 Å². The highest BCUT2D eigenvalue weighted by Gasteiger charge is 2.16. The lowest BCUT2D eigenvalue weighted by molar-refractivity contribution is 0.172. The normalized spacial score (nSPS) is 16.2. The SMILES string of the molecule is CCNC(=NCc1ccc(C)cc1OCCCOC)NCC1CCN(C)CC1. The predicted octanol–water partition coefficient (Wildman–Crippen LogP) is 2.81. The lowest BCUT2D eigenvalue weighted by Gasteiger charge is -2.29. The molecule has 6 nitrogen and oxygen atoms in total. The molecular weight excluding hydrogens is 352 g/mol. The number of aryl methyl sites for hydroxylation is 1. The summed E-state index contributed by atoms with van der Waals surface area (Å²) in [5.74, 6) is 2.53. The van der Waals surface area contributed by atoms with Crippen molar-refractivity contribution in [2.24, 2.45) is 10.9 Å². The zero-order valence-corrected chi connectivity index (χ0v) is 18.1. The molecule has 1 aromatic rings. The summed E-state index contributed by atoms with van der Waals surface area (Å²) in [6.45, 7) is 10.4. The Morgan fingerprint density at radius 1 is 1.21 bits per heavy atom. The summed E-state index contributed by atoms with van der Waals surface area (Å²) in [5, 5.41) is 6.89. The lowest BCUT2D eigenvalue weighted by Crippen LogP contribution is -2.42. The largest absolute Gasteiger partial charge is 0.493 e. The molecule has 0 unspecified atom stereocenters. The van der Waals surface area contributed by atoms with Crippen LogP contribution < -0.4 is 15.4 Å². The van der Waals surface area contributed by atoms with Crippen LogP contribution in [-0.2, 0) is 11.3 Å². The Balaban J connectivity index is 1.93. The average Bonchev–Trinajstić information content (AvgIpc) is 2.69. The molecule has 1 saturated heterocycles. The number of hydrogen-bond donors (Lipinski definition) is 2. The van der Waals surface area contributed by atoms with Gasteiger partial charge in [0, 0.05) is 38.8 Å². The first-order valence-electron chi connectivity index (χ1n) is 10.5. The van der Waals surface area contributed by atoms with Crippen LogP contribution in [0.4, 0.5) is 0 Å². The van der Waals surface area contributed by atoms with Crippen LogP contribution in [0.3, 0.4) is 0 Å². The number of piperidine rings is 1. The van der Waals surface area contributed by atoms with E-state index in [1.165, 1.54) is 31.5 Å². The first-order chi connectivity index (χ1) is 13.6. The van der Waals surface area contributed by atoms with E-state index in [4.69, 9.17) is 14.5 Å². The van der Waals surface area contributed by atoms with E-state index in [0.29, 0.717) is 19.8 Å². The van der Waals surface area contributed by atoms with Gasteiger partial charge in [-0.05, 0) is 64.4 Å². The van der Waals surface area contributed by atoms with Crippen molar-refractivity contribution in [2.45, 2.75) is 39.7 Å². The number of hydrogen-bond acceptors (Lipinski definition) is 4. The molecule has 2 rings (SSSR count). The summed E-state index contributed by atoms with van der Waals surface area (Å²) in [6.07, 6.45) is 3.38. The van der Waals surface area contributed by atoms with E-state index in [1.54, 1.807) is 7.11 Å². The second-order valence-electron chi connectivity index (χ2n) is 7.63. The second kappa shape index (κ2) is 12.6. The molecule has 1 aromatic carbocycles. The number of guanidine groups is 1. The van der Waals surface area contributed by atoms with Gasteiger partial charge in [-0.1, -0.05) is 12.1 Å². The van der Waals surface area contributed by atoms with Crippen molar-refractivity contribution < 1.29 is 9.47 Å². The van der Waals surface area contributed by atoms with Crippen LogP contribution in [0.25, 0.3) is 0 Å². The maximum Gasteiger partial charge on any atom is 0.191 e. The Kier molecular flexibility index (Phi) is 10.1. The van der Waals surface area contributed by atoms with Gasteiger partial charge in [0.2, 0.25) is 0 Å². The van der Waals surface area contributed by atoms with Crippen molar-refractivity contribution in [3.05, 3.63) is 29.3 Å². The minimum absolute atomic E-state index is 0.600. The quantitative estimate of drug-likeness (QED) is 0.365. The third-order valence-electron chi connectivity index (χ3n) is 5.12. The minimum atomic E-state index is 0.600. The van der Waals surface area contributed by atoms with Crippen LogP contribution in [0.1, 0.15) is 37.3 Å². The number of rotatable bonds is 10. The maximum absolute atomic E-state index is 5.98. The number of likely N-dealkylation sites (tertiary alicyclic amines) is 1. The highest BCUT2D eigenvalue weighted by molar-refractivity contribution is 5.79. The Bertz CT molecular complexity index is 598. The van der Waals surface area contributed by atoms with Crippen LogP contribution in [0.5, 0.6) is 5.75 Å². The van der Waals surface area contributed by atoms with Gasteiger partial charge in [0.05, 0.1) is 13.2 Å². The minimum Gasteiger partial charge on any atom is -0.493 e. The molecule has 0 spiro atoms. The molecule has 1 fully saturated rings. The smallest absolute Gasteiger partial charge is 0.191 e. The van der Waals surface area contributed by atoms with Crippen molar-refractivity contribution in [2.75, 3.05) is 53.6 Å². The Labute approximate surface area is 170 Å². The van der Waals surface area contributed by atoms with Crippen LogP contribution in [0.15, 0.2) is 23.2 Å². The van der Waals surface area contributed by atoms with Crippen molar-refractivity contribution >= 4 is 5.96 Å². The molecule has 0 amide bonds. The van der Waals surface area contributed by atoms with E-state index in [-0.39, 0.29) is 0 Å². The zero-order chi connectivity index (χ0) is 20.2. The summed E-state index contributed by atoms with van der Waals surface area (Å²) in [4.78, 5) is 7.20. The van der Waals surface area contributed by atoms with E-state index < -0.39 is 0 Å². The van der Waals surface area contributed by atoms with Crippen molar-refractivity contribution in [3.63, 3.8) is 0 Å². The Hall–Kier alpha value is -1.79. The van der Waals surface area contributed by atoms with E-state index in [9.17, 15) is 0 Å². The maximum atomic E-state index is 5.98. The van der Waals surface area contributed by atoms with Gasteiger partial charge in [-0.25, -0.2) is 4.99 Å². The highest BCUT2D eigenvalue weighted by Crippen LogP contribution is 2.21. The number of ether oxygens (including phenoxy) is 2. The molecule has 0 bridgehead atoms. The summed E-state index contributed by atoms with van der Waals surface area (Å²) in [6, 6.07) is 6.33. The summed E-state index contributed by atoms with van der Waals surface area (Å²) < 4.78 is 11.1. The second-order valence-corrected chi connectivity index (χ2v) is 7.63. The van der Waals surface area contributed by atoms with Crippen LogP contribution >= 0.6 is 0 Å². The average molecular weight is 391 g/mol. The molecule has 6 heteroatoms. The zero-order valence-electron chi connectivity index (χ0n) is 18.1. The first-order valence-corrected chi connectivity index (χ1v) is 10.5. The summed E-state index contributed by atoms with van der Waals surface area (Å²) in [5.41, 5.74) is 2.31. The molecule has 158 valence electrons. The number of nitrogens with zero attached hydrogens (tertiary/aromatic N) is 2. The Morgan fingerprint density at radius 2 is 2.00 bits per heavy atom. The van der Waals surface area contributed by atoms with E-state index in [2.05, 4.69) is 54.6 Å². The molecule has 0 atom stereocenters. The van der Waals surface area contributed by atoms with Gasteiger partial charge in [-0.2, -0.15) is 0 Å². The highest BCUT2D eigenvalue weighted by atomic mass is 16.5.